The number of primary amides is 1. The second-order valence-corrected chi connectivity index (χ2v) is 4.53. The zero-order valence-corrected chi connectivity index (χ0v) is 10.3. The summed E-state index contributed by atoms with van der Waals surface area (Å²) in [6, 6.07) is 14.3. The van der Waals surface area contributed by atoms with Crippen LogP contribution in [0.3, 0.4) is 0 Å². The topological polar surface area (TPSA) is 69.1 Å². The third-order valence-corrected chi connectivity index (χ3v) is 3.16. The summed E-state index contributed by atoms with van der Waals surface area (Å²) < 4.78 is 0. The van der Waals surface area contributed by atoms with Crippen molar-refractivity contribution in [3.63, 3.8) is 0 Å². The Balaban J connectivity index is 2.17. The van der Waals surface area contributed by atoms with Gasteiger partial charge in [0, 0.05) is 12.5 Å². The average molecular weight is 242 g/mol. The zero-order chi connectivity index (χ0) is 13.0. The van der Waals surface area contributed by atoms with E-state index in [1.165, 1.54) is 10.8 Å². The fourth-order valence-electron chi connectivity index (χ4n) is 2.23. The SMILES string of the molecule is NC(=O)CCCC(N)c1cccc2ccccc12. The van der Waals surface area contributed by atoms with E-state index >= 15 is 0 Å². The van der Waals surface area contributed by atoms with Gasteiger partial charge in [-0.25, -0.2) is 0 Å². The van der Waals surface area contributed by atoms with E-state index in [1.807, 2.05) is 18.2 Å². The molecule has 0 fully saturated rings. The van der Waals surface area contributed by atoms with Gasteiger partial charge in [-0.2, -0.15) is 0 Å². The standard InChI is InChI=1S/C15H18N2O/c16-14(9-4-10-15(17)18)13-8-3-6-11-5-1-2-7-12(11)13/h1-3,5-8,14H,4,9-10,16H2,(H2,17,18). The Morgan fingerprint density at radius 1 is 1.11 bits per heavy atom. The zero-order valence-electron chi connectivity index (χ0n) is 10.3. The minimum absolute atomic E-state index is 0.0459. The van der Waals surface area contributed by atoms with Crippen LogP contribution in [0.25, 0.3) is 10.8 Å². The highest BCUT2D eigenvalue weighted by atomic mass is 16.1. The Bertz CT molecular complexity index is 546. The summed E-state index contributed by atoms with van der Waals surface area (Å²) in [6.45, 7) is 0. The van der Waals surface area contributed by atoms with Gasteiger partial charge in [0.25, 0.3) is 0 Å². The van der Waals surface area contributed by atoms with Crippen LogP contribution in [0.5, 0.6) is 0 Å². The smallest absolute Gasteiger partial charge is 0.217 e. The van der Waals surface area contributed by atoms with Crippen molar-refractivity contribution in [2.75, 3.05) is 0 Å². The predicted octanol–water partition coefficient (Wildman–Crippen LogP) is 2.50. The molecule has 0 saturated carbocycles. The highest BCUT2D eigenvalue weighted by Crippen LogP contribution is 2.25. The van der Waals surface area contributed by atoms with Gasteiger partial charge in [0.2, 0.25) is 5.91 Å². The summed E-state index contributed by atoms with van der Waals surface area (Å²) >= 11 is 0. The molecule has 0 radical (unpaired) electrons. The van der Waals surface area contributed by atoms with Crippen molar-refractivity contribution in [2.24, 2.45) is 11.5 Å². The quantitative estimate of drug-likeness (QED) is 0.845. The van der Waals surface area contributed by atoms with Crippen molar-refractivity contribution in [2.45, 2.75) is 25.3 Å². The van der Waals surface area contributed by atoms with Crippen molar-refractivity contribution in [1.82, 2.24) is 0 Å². The third kappa shape index (κ3) is 2.87. The molecular weight excluding hydrogens is 224 g/mol. The van der Waals surface area contributed by atoms with Crippen LogP contribution in [-0.4, -0.2) is 5.91 Å². The van der Waals surface area contributed by atoms with E-state index in [0.717, 1.165) is 18.4 Å². The number of hydrogen-bond acceptors (Lipinski definition) is 2. The molecule has 3 heteroatoms. The molecule has 2 aromatic rings. The average Bonchev–Trinajstić information content (AvgIpc) is 2.37. The first-order valence-electron chi connectivity index (χ1n) is 6.20. The Morgan fingerprint density at radius 2 is 1.83 bits per heavy atom. The number of carbonyl (C=O) groups excluding carboxylic acids is 1. The van der Waals surface area contributed by atoms with Gasteiger partial charge >= 0.3 is 0 Å². The first kappa shape index (κ1) is 12.6. The number of benzene rings is 2. The molecule has 0 saturated heterocycles. The van der Waals surface area contributed by atoms with E-state index < -0.39 is 0 Å². The second-order valence-electron chi connectivity index (χ2n) is 4.53. The van der Waals surface area contributed by atoms with Crippen molar-refractivity contribution >= 4 is 16.7 Å². The Labute approximate surface area is 107 Å². The Kier molecular flexibility index (Phi) is 3.95. The maximum Gasteiger partial charge on any atom is 0.217 e. The minimum atomic E-state index is -0.264. The maximum atomic E-state index is 10.7. The van der Waals surface area contributed by atoms with Gasteiger partial charge in [-0.15, -0.1) is 0 Å². The lowest BCUT2D eigenvalue weighted by atomic mass is 9.96. The number of nitrogens with two attached hydrogens (primary N) is 2. The van der Waals surface area contributed by atoms with Gasteiger partial charge < -0.3 is 11.5 Å². The number of fused-ring (bicyclic) bond motifs is 1. The first-order valence-corrected chi connectivity index (χ1v) is 6.20. The summed E-state index contributed by atoms with van der Waals surface area (Å²) in [5, 5.41) is 2.38. The molecular formula is C15H18N2O. The van der Waals surface area contributed by atoms with Gasteiger partial charge in [-0.1, -0.05) is 42.5 Å². The first-order chi connectivity index (χ1) is 8.68. The molecule has 0 aromatic heterocycles. The van der Waals surface area contributed by atoms with Crippen LogP contribution < -0.4 is 11.5 Å². The lowest BCUT2D eigenvalue weighted by molar-refractivity contribution is -0.118. The second kappa shape index (κ2) is 5.65. The van der Waals surface area contributed by atoms with Crippen molar-refractivity contribution in [3.05, 3.63) is 48.0 Å². The lowest BCUT2D eigenvalue weighted by Crippen LogP contribution is -2.14. The Morgan fingerprint density at radius 3 is 2.61 bits per heavy atom. The summed E-state index contributed by atoms with van der Waals surface area (Å²) in [7, 11) is 0. The highest BCUT2D eigenvalue weighted by Gasteiger charge is 2.09. The number of carbonyl (C=O) groups is 1. The van der Waals surface area contributed by atoms with E-state index in [0.29, 0.717) is 6.42 Å². The molecule has 2 rings (SSSR count). The molecule has 0 aliphatic carbocycles. The van der Waals surface area contributed by atoms with Crippen LogP contribution in [0.2, 0.25) is 0 Å². The molecule has 0 bridgehead atoms. The molecule has 0 aliphatic heterocycles. The Hall–Kier alpha value is -1.87. The third-order valence-electron chi connectivity index (χ3n) is 3.16. The van der Waals surface area contributed by atoms with Crippen molar-refractivity contribution in [3.8, 4) is 0 Å². The van der Waals surface area contributed by atoms with Gasteiger partial charge in [0.1, 0.15) is 0 Å². The molecule has 0 heterocycles. The summed E-state index contributed by atoms with van der Waals surface area (Å²) in [5.74, 6) is -0.264. The van der Waals surface area contributed by atoms with E-state index in [2.05, 4.69) is 24.3 Å². The van der Waals surface area contributed by atoms with E-state index in [4.69, 9.17) is 11.5 Å². The summed E-state index contributed by atoms with van der Waals surface area (Å²) in [4.78, 5) is 10.7. The number of amides is 1. The molecule has 3 nitrogen and oxygen atoms in total. The van der Waals surface area contributed by atoms with Gasteiger partial charge in [0.15, 0.2) is 0 Å². The normalized spacial score (nSPS) is 12.5. The fourth-order valence-corrected chi connectivity index (χ4v) is 2.23. The number of hydrogen-bond donors (Lipinski definition) is 2. The van der Waals surface area contributed by atoms with E-state index in [1.54, 1.807) is 0 Å². The fraction of sp³-hybridized carbons (Fsp3) is 0.267. The minimum Gasteiger partial charge on any atom is -0.370 e. The summed E-state index contributed by atoms with van der Waals surface area (Å²) in [5.41, 5.74) is 12.5. The van der Waals surface area contributed by atoms with E-state index in [-0.39, 0.29) is 11.9 Å². The van der Waals surface area contributed by atoms with Crippen LogP contribution in [0.15, 0.2) is 42.5 Å². The van der Waals surface area contributed by atoms with E-state index in [9.17, 15) is 4.79 Å². The highest BCUT2D eigenvalue weighted by molar-refractivity contribution is 5.86. The van der Waals surface area contributed by atoms with Crippen molar-refractivity contribution in [1.29, 1.82) is 0 Å². The van der Waals surface area contributed by atoms with Crippen LogP contribution >= 0.6 is 0 Å². The molecule has 2 aromatic carbocycles. The molecule has 1 unspecified atom stereocenters. The molecule has 94 valence electrons. The lowest BCUT2D eigenvalue weighted by Gasteiger charge is -2.14. The monoisotopic (exact) mass is 242 g/mol. The molecule has 0 spiro atoms. The van der Waals surface area contributed by atoms with Crippen LogP contribution in [0, 0.1) is 0 Å². The predicted molar refractivity (Wildman–Crippen MR) is 73.9 cm³/mol. The van der Waals surface area contributed by atoms with Gasteiger partial charge in [-0.3, -0.25) is 4.79 Å². The maximum absolute atomic E-state index is 10.7. The largest absolute Gasteiger partial charge is 0.370 e. The van der Waals surface area contributed by atoms with Crippen LogP contribution in [-0.2, 0) is 4.79 Å². The molecule has 0 aliphatic rings. The molecule has 4 N–H and O–H groups in total. The number of rotatable bonds is 5. The molecule has 1 amide bonds. The van der Waals surface area contributed by atoms with Crippen molar-refractivity contribution < 1.29 is 4.79 Å². The molecule has 1 atom stereocenters. The molecule has 18 heavy (non-hydrogen) atoms. The summed E-state index contributed by atoms with van der Waals surface area (Å²) in [6.07, 6.45) is 1.91. The van der Waals surface area contributed by atoms with Gasteiger partial charge in [-0.05, 0) is 29.2 Å². The van der Waals surface area contributed by atoms with Gasteiger partial charge in [0.05, 0.1) is 0 Å². The van der Waals surface area contributed by atoms with Crippen LogP contribution in [0.4, 0.5) is 0 Å². The van der Waals surface area contributed by atoms with Crippen LogP contribution in [0.1, 0.15) is 30.9 Å².